The first kappa shape index (κ1) is 29.6. The van der Waals surface area contributed by atoms with Gasteiger partial charge in [0.25, 0.3) is 0 Å². The van der Waals surface area contributed by atoms with Crippen LogP contribution in [0.4, 0.5) is 15.0 Å². The molecule has 8 rings (SSSR count). The highest BCUT2D eigenvalue weighted by atomic mass is 35.5. The summed E-state index contributed by atoms with van der Waals surface area (Å²) in [6, 6.07) is 11.9. The van der Waals surface area contributed by atoms with Crippen LogP contribution < -0.4 is 16.0 Å². The van der Waals surface area contributed by atoms with Crippen molar-refractivity contribution in [1.29, 1.82) is 0 Å². The van der Waals surface area contributed by atoms with Crippen molar-refractivity contribution in [2.24, 2.45) is 11.8 Å². The molecule has 15 heteroatoms. The maximum absolute atomic E-state index is 15.1. The number of amides is 1. The molecule has 1 aliphatic carbocycles. The highest BCUT2D eigenvalue weighted by Gasteiger charge is 2.67. The number of rotatable bonds is 7. The zero-order valence-electron chi connectivity index (χ0n) is 25.0. The quantitative estimate of drug-likeness (QED) is 0.217. The summed E-state index contributed by atoms with van der Waals surface area (Å²) in [5, 5.41) is 21.0. The second-order valence-corrected chi connectivity index (χ2v) is 12.7. The van der Waals surface area contributed by atoms with E-state index in [0.29, 0.717) is 64.1 Å². The van der Waals surface area contributed by atoms with Crippen LogP contribution in [0, 0.1) is 17.7 Å². The highest BCUT2D eigenvalue weighted by molar-refractivity contribution is 6.33. The molecule has 5 heterocycles. The minimum absolute atomic E-state index is 0.0247. The van der Waals surface area contributed by atoms with E-state index < -0.39 is 17.3 Å². The summed E-state index contributed by atoms with van der Waals surface area (Å²) in [4.78, 5) is 37.5. The van der Waals surface area contributed by atoms with Crippen molar-refractivity contribution in [2.45, 2.75) is 37.3 Å². The lowest BCUT2D eigenvalue weighted by atomic mass is 9.90. The summed E-state index contributed by atoms with van der Waals surface area (Å²) in [5.74, 6) is 0.0762. The molecule has 13 nitrogen and oxygen atoms in total. The number of nitrogens with one attached hydrogen (secondary N) is 2. The van der Waals surface area contributed by atoms with Crippen molar-refractivity contribution in [3.05, 3.63) is 75.6 Å². The van der Waals surface area contributed by atoms with Gasteiger partial charge in [0.05, 0.1) is 11.2 Å². The molecule has 47 heavy (non-hydrogen) atoms. The van der Waals surface area contributed by atoms with Crippen LogP contribution in [0.5, 0.6) is 0 Å². The number of benzene rings is 2. The fourth-order valence-corrected chi connectivity index (χ4v) is 7.83. The van der Waals surface area contributed by atoms with Crippen molar-refractivity contribution in [2.75, 3.05) is 31.1 Å². The largest absolute Gasteiger partial charge is 0.465 e. The average molecular weight is 661 g/mol. The van der Waals surface area contributed by atoms with Gasteiger partial charge in [0.1, 0.15) is 22.8 Å². The molecule has 3 N–H and O–H groups in total. The van der Waals surface area contributed by atoms with E-state index in [1.807, 2.05) is 0 Å². The van der Waals surface area contributed by atoms with Crippen molar-refractivity contribution >= 4 is 34.7 Å². The Hall–Kier alpha value is -4.82. The summed E-state index contributed by atoms with van der Waals surface area (Å²) < 4.78 is 27.7. The molecule has 0 radical (unpaired) electrons. The maximum Gasteiger partial charge on any atom is 0.439 e. The van der Waals surface area contributed by atoms with Crippen LogP contribution in [-0.4, -0.2) is 67.3 Å². The number of carboxylic acid groups (broad SMARTS) is 1. The van der Waals surface area contributed by atoms with Gasteiger partial charge in [-0.05, 0) is 55.2 Å². The van der Waals surface area contributed by atoms with Gasteiger partial charge in [-0.1, -0.05) is 47.1 Å². The van der Waals surface area contributed by atoms with Crippen molar-refractivity contribution in [1.82, 2.24) is 35.2 Å². The van der Waals surface area contributed by atoms with Gasteiger partial charge in [0.2, 0.25) is 0 Å². The van der Waals surface area contributed by atoms with Crippen LogP contribution >= 0.6 is 11.6 Å². The Kier molecular flexibility index (Phi) is 7.21. The minimum atomic E-state index is -1.13. The third kappa shape index (κ3) is 5.02. The van der Waals surface area contributed by atoms with Crippen LogP contribution in [-0.2, 0) is 10.2 Å². The Bertz CT molecular complexity index is 2060. The molecule has 242 valence electrons. The number of aromatic nitrogens is 6. The van der Waals surface area contributed by atoms with Gasteiger partial charge in [0.15, 0.2) is 17.7 Å². The summed E-state index contributed by atoms with van der Waals surface area (Å²) in [5.41, 5.74) is 2.76. The number of fused-ring (bicyclic) bond motifs is 2. The molecule has 5 aromatic rings. The minimum Gasteiger partial charge on any atom is -0.465 e. The van der Waals surface area contributed by atoms with E-state index in [9.17, 15) is 14.7 Å². The number of hydrogen-bond acceptors (Lipinski definition) is 9. The first-order valence-corrected chi connectivity index (χ1v) is 15.9. The normalized spacial score (nSPS) is 23.9. The summed E-state index contributed by atoms with van der Waals surface area (Å²) in [6.07, 6.45) is 3.72. The molecule has 2 saturated heterocycles. The zero-order valence-corrected chi connectivity index (χ0v) is 25.8. The number of carbonyl (C=O) groups is 1. The fraction of sp³-hybridized carbons (Fsp3) is 0.375. The van der Waals surface area contributed by atoms with Gasteiger partial charge >= 0.3 is 11.8 Å². The van der Waals surface area contributed by atoms with E-state index in [-0.39, 0.29) is 36.3 Å². The number of H-pyrrole nitrogens is 1. The SMILES string of the molecule is O=C(O)NC[C@]1(c2ccccc2F)[C@@H]2CCN(c3cnc4c(-c5ccc(-c6noc(=O)[nH]6)cc5Cl)nn(C5CCCCO5)c4n3)C[C@@H]21. The number of piperidine rings is 1. The van der Waals surface area contributed by atoms with Crippen LogP contribution in [0.1, 0.15) is 37.5 Å². The monoisotopic (exact) mass is 660 g/mol. The van der Waals surface area contributed by atoms with Crippen molar-refractivity contribution < 1.29 is 23.6 Å². The number of nitrogens with zero attached hydrogens (tertiary/aromatic N) is 6. The van der Waals surface area contributed by atoms with Gasteiger partial charge < -0.3 is 20.1 Å². The molecule has 1 unspecified atom stereocenters. The smallest absolute Gasteiger partial charge is 0.439 e. The number of aromatic amines is 1. The molecule has 3 fully saturated rings. The molecule has 3 aliphatic rings. The van der Waals surface area contributed by atoms with Crippen LogP contribution in [0.15, 0.2) is 58.0 Å². The number of ether oxygens (including phenoxy) is 1. The maximum atomic E-state index is 15.1. The lowest BCUT2D eigenvalue weighted by Crippen LogP contribution is -2.35. The third-order valence-corrected chi connectivity index (χ3v) is 10.1. The summed E-state index contributed by atoms with van der Waals surface area (Å²) in [6.45, 7) is 1.97. The molecular weight excluding hydrogens is 631 g/mol. The molecular formula is C32H30ClFN8O5. The summed E-state index contributed by atoms with van der Waals surface area (Å²) in [7, 11) is 0. The second-order valence-electron chi connectivity index (χ2n) is 12.3. The molecule has 0 spiro atoms. The molecule has 3 aromatic heterocycles. The van der Waals surface area contributed by atoms with E-state index in [4.69, 9.17) is 31.4 Å². The molecule has 1 saturated carbocycles. The molecule has 2 aromatic carbocycles. The van der Waals surface area contributed by atoms with E-state index in [1.165, 1.54) is 6.07 Å². The molecule has 4 atom stereocenters. The Morgan fingerprint density at radius 3 is 2.81 bits per heavy atom. The Balaban J connectivity index is 1.15. The lowest BCUT2D eigenvalue weighted by Gasteiger charge is -2.27. The van der Waals surface area contributed by atoms with Crippen LogP contribution in [0.3, 0.4) is 0 Å². The molecule has 0 bridgehead atoms. The standard InChI is InChI=1S/C32H30ClFN8O5/c33-22-13-17(28-38-31(45)47-40-28)8-9-18(22)26-27-29(42(39-26)25-7-3-4-12-46-25)37-24(14-35-27)41-11-10-19-21(15-41)32(19,16-36-30(43)44)20-5-1-2-6-23(20)34/h1-2,5-6,8-9,13-14,19,21,25,36H,3-4,7,10-12,15-16H2,(H,43,44)(H,38,40,45)/t19-,21+,25?,32-/m1/s1. The van der Waals surface area contributed by atoms with E-state index in [2.05, 4.69) is 24.9 Å². The average Bonchev–Trinajstić information content (AvgIpc) is 3.30. The zero-order chi connectivity index (χ0) is 32.3. The van der Waals surface area contributed by atoms with Gasteiger partial charge in [0, 0.05) is 42.8 Å². The lowest BCUT2D eigenvalue weighted by molar-refractivity contribution is -0.0368. The topological polar surface area (TPSA) is 164 Å². The predicted octanol–water partition coefficient (Wildman–Crippen LogP) is 4.99. The van der Waals surface area contributed by atoms with Gasteiger partial charge in [-0.2, -0.15) is 5.10 Å². The van der Waals surface area contributed by atoms with Gasteiger partial charge in [-0.3, -0.25) is 9.51 Å². The first-order chi connectivity index (χ1) is 22.8. The second kappa shape index (κ2) is 11.5. The Labute approximate surface area is 271 Å². The first-order valence-electron chi connectivity index (χ1n) is 15.5. The van der Waals surface area contributed by atoms with Gasteiger partial charge in [-0.25, -0.2) is 28.6 Å². The highest BCUT2D eigenvalue weighted by Crippen LogP contribution is 2.63. The molecule has 2 aliphatic heterocycles. The van der Waals surface area contributed by atoms with E-state index in [1.54, 1.807) is 47.3 Å². The fourth-order valence-electron chi connectivity index (χ4n) is 7.56. The third-order valence-electron chi connectivity index (χ3n) is 9.82. The number of anilines is 1. The van der Waals surface area contributed by atoms with Crippen LogP contribution in [0.25, 0.3) is 33.8 Å². The molecule has 1 amide bonds. The van der Waals surface area contributed by atoms with Gasteiger partial charge in [-0.15, -0.1) is 0 Å². The van der Waals surface area contributed by atoms with Crippen molar-refractivity contribution in [3.8, 4) is 22.6 Å². The predicted molar refractivity (Wildman–Crippen MR) is 169 cm³/mol. The Morgan fingerprint density at radius 1 is 1.19 bits per heavy atom. The van der Waals surface area contributed by atoms with E-state index in [0.717, 1.165) is 25.7 Å². The van der Waals surface area contributed by atoms with E-state index >= 15 is 4.39 Å². The van der Waals surface area contributed by atoms with Crippen molar-refractivity contribution in [3.63, 3.8) is 0 Å². The van der Waals surface area contributed by atoms with Crippen LogP contribution in [0.2, 0.25) is 5.02 Å². The summed E-state index contributed by atoms with van der Waals surface area (Å²) >= 11 is 6.77. The number of halogens is 2. The Morgan fingerprint density at radius 2 is 2.06 bits per heavy atom. The number of hydrogen-bond donors (Lipinski definition) is 3.